The number of aromatic nitrogens is 1. The number of carbonyl (C=O) groups excluding carboxylic acids is 1. The summed E-state index contributed by atoms with van der Waals surface area (Å²) in [5, 5.41) is 20.2. The van der Waals surface area contributed by atoms with E-state index in [2.05, 4.69) is 10.3 Å². The molecule has 0 saturated carbocycles. The number of hydrogen-bond donors (Lipinski definition) is 3. The highest BCUT2D eigenvalue weighted by molar-refractivity contribution is 7.11. The fraction of sp³-hybridized carbons (Fsp3) is 0.400. The van der Waals surface area contributed by atoms with Crippen molar-refractivity contribution in [2.75, 3.05) is 0 Å². The van der Waals surface area contributed by atoms with Crippen LogP contribution in [0.2, 0.25) is 0 Å². The van der Waals surface area contributed by atoms with Crippen LogP contribution in [0.3, 0.4) is 0 Å². The first-order valence-electron chi connectivity index (χ1n) is 5.00. The first-order chi connectivity index (χ1) is 8.31. The third-order valence-electron chi connectivity index (χ3n) is 2.10. The monoisotopic (exact) mass is 272 g/mol. The molecule has 0 aliphatic heterocycles. The van der Waals surface area contributed by atoms with Gasteiger partial charge in [0, 0.05) is 4.88 Å². The molecule has 8 heteroatoms. The quantitative estimate of drug-likeness (QED) is 0.715. The summed E-state index contributed by atoms with van der Waals surface area (Å²) in [5.74, 6) is -3.37. The minimum absolute atomic E-state index is 0.133. The molecule has 98 valence electrons. The van der Waals surface area contributed by atoms with Crippen LogP contribution in [0.4, 0.5) is 0 Å². The van der Waals surface area contributed by atoms with Gasteiger partial charge in [-0.2, -0.15) is 0 Å². The standard InChI is InChI=1S/C10H12N2O5S/c1-4-8(11-5(2)18-4)9(15)12-6(10(16)17)3-7(13)14/h6H,3H2,1-2H3,(H,12,15)(H,13,14)(H,16,17). The highest BCUT2D eigenvalue weighted by atomic mass is 32.1. The van der Waals surface area contributed by atoms with Crippen molar-refractivity contribution in [3.63, 3.8) is 0 Å². The van der Waals surface area contributed by atoms with Crippen molar-refractivity contribution in [3.8, 4) is 0 Å². The van der Waals surface area contributed by atoms with Crippen LogP contribution >= 0.6 is 11.3 Å². The number of carboxylic acid groups (broad SMARTS) is 2. The Kier molecular flexibility index (Phi) is 4.38. The van der Waals surface area contributed by atoms with Crippen molar-refractivity contribution in [3.05, 3.63) is 15.6 Å². The second kappa shape index (κ2) is 5.58. The summed E-state index contributed by atoms with van der Waals surface area (Å²) in [7, 11) is 0. The molecule has 0 aliphatic rings. The number of hydrogen-bond acceptors (Lipinski definition) is 5. The third-order valence-corrected chi connectivity index (χ3v) is 2.99. The summed E-state index contributed by atoms with van der Waals surface area (Å²) in [5.41, 5.74) is 0.133. The third kappa shape index (κ3) is 3.52. The minimum atomic E-state index is -1.46. The van der Waals surface area contributed by atoms with Crippen LogP contribution in [0.25, 0.3) is 0 Å². The van der Waals surface area contributed by atoms with Crippen LogP contribution in [-0.4, -0.2) is 39.1 Å². The number of aliphatic carboxylic acids is 2. The van der Waals surface area contributed by atoms with Crippen molar-refractivity contribution in [2.24, 2.45) is 0 Å². The van der Waals surface area contributed by atoms with Gasteiger partial charge >= 0.3 is 11.9 Å². The van der Waals surface area contributed by atoms with Gasteiger partial charge in [0.25, 0.3) is 5.91 Å². The van der Waals surface area contributed by atoms with Gasteiger partial charge in [0.1, 0.15) is 11.7 Å². The van der Waals surface area contributed by atoms with Crippen LogP contribution in [-0.2, 0) is 9.59 Å². The van der Waals surface area contributed by atoms with Gasteiger partial charge in [-0.15, -0.1) is 11.3 Å². The molecule has 1 heterocycles. The SMILES string of the molecule is Cc1nc(C(=O)NC(CC(=O)O)C(=O)O)c(C)s1. The number of nitrogens with zero attached hydrogens (tertiary/aromatic N) is 1. The van der Waals surface area contributed by atoms with E-state index in [1.807, 2.05) is 0 Å². The van der Waals surface area contributed by atoms with E-state index in [4.69, 9.17) is 10.2 Å². The first kappa shape index (κ1) is 14.1. The Hall–Kier alpha value is -1.96. The zero-order valence-corrected chi connectivity index (χ0v) is 10.6. The molecule has 1 aromatic heterocycles. The predicted octanol–water partition coefficient (Wildman–Crippen LogP) is 0.418. The van der Waals surface area contributed by atoms with Crippen LogP contribution in [0.15, 0.2) is 0 Å². The van der Waals surface area contributed by atoms with E-state index in [9.17, 15) is 14.4 Å². The molecule has 3 N–H and O–H groups in total. The number of rotatable bonds is 5. The zero-order chi connectivity index (χ0) is 13.9. The molecule has 0 bridgehead atoms. The molecule has 1 amide bonds. The molecule has 1 atom stereocenters. The molecule has 0 fully saturated rings. The molecular formula is C10H12N2O5S. The van der Waals surface area contributed by atoms with Gasteiger partial charge in [0.2, 0.25) is 0 Å². The fourth-order valence-electron chi connectivity index (χ4n) is 1.34. The number of carboxylic acids is 2. The number of amides is 1. The van der Waals surface area contributed by atoms with Gasteiger partial charge in [-0.3, -0.25) is 9.59 Å². The van der Waals surface area contributed by atoms with Gasteiger partial charge in [-0.25, -0.2) is 9.78 Å². The summed E-state index contributed by atoms with van der Waals surface area (Å²) in [4.78, 5) is 37.6. The smallest absolute Gasteiger partial charge is 0.326 e. The van der Waals surface area contributed by atoms with E-state index >= 15 is 0 Å². The lowest BCUT2D eigenvalue weighted by Gasteiger charge is -2.11. The zero-order valence-electron chi connectivity index (χ0n) is 9.76. The maximum Gasteiger partial charge on any atom is 0.326 e. The lowest BCUT2D eigenvalue weighted by atomic mass is 10.2. The summed E-state index contributed by atoms with van der Waals surface area (Å²) >= 11 is 1.31. The van der Waals surface area contributed by atoms with Gasteiger partial charge in [0.15, 0.2) is 0 Å². The number of aryl methyl sites for hydroxylation is 2. The molecule has 0 spiro atoms. The van der Waals surface area contributed by atoms with E-state index in [-0.39, 0.29) is 5.69 Å². The lowest BCUT2D eigenvalue weighted by Crippen LogP contribution is -2.42. The summed E-state index contributed by atoms with van der Waals surface area (Å²) in [6.07, 6.45) is -0.677. The Balaban J connectivity index is 2.81. The van der Waals surface area contributed by atoms with Gasteiger partial charge in [-0.1, -0.05) is 0 Å². The number of thiazole rings is 1. The van der Waals surface area contributed by atoms with Crippen LogP contribution in [0.5, 0.6) is 0 Å². The van der Waals surface area contributed by atoms with E-state index in [0.717, 1.165) is 0 Å². The Morgan fingerprint density at radius 1 is 1.33 bits per heavy atom. The molecule has 0 saturated heterocycles. The average Bonchev–Trinajstić information content (AvgIpc) is 2.56. The van der Waals surface area contributed by atoms with Crippen molar-refractivity contribution in [2.45, 2.75) is 26.3 Å². The lowest BCUT2D eigenvalue weighted by molar-refractivity contribution is -0.145. The van der Waals surface area contributed by atoms with E-state index in [1.165, 1.54) is 11.3 Å². The van der Waals surface area contributed by atoms with Crippen LogP contribution in [0.1, 0.15) is 26.8 Å². The van der Waals surface area contributed by atoms with Crippen molar-refractivity contribution in [1.29, 1.82) is 0 Å². The summed E-state index contributed by atoms with van der Waals surface area (Å²) in [6.45, 7) is 3.41. The Bertz CT molecular complexity index is 496. The van der Waals surface area contributed by atoms with E-state index in [1.54, 1.807) is 13.8 Å². The molecule has 1 unspecified atom stereocenters. The normalized spacial score (nSPS) is 11.9. The maximum absolute atomic E-state index is 11.8. The molecule has 0 radical (unpaired) electrons. The molecule has 18 heavy (non-hydrogen) atoms. The van der Waals surface area contributed by atoms with Crippen LogP contribution in [0, 0.1) is 13.8 Å². The van der Waals surface area contributed by atoms with E-state index in [0.29, 0.717) is 9.88 Å². The average molecular weight is 272 g/mol. The number of carbonyl (C=O) groups is 3. The van der Waals surface area contributed by atoms with Gasteiger partial charge in [0.05, 0.1) is 11.4 Å². The number of nitrogens with one attached hydrogen (secondary N) is 1. The molecule has 0 aliphatic carbocycles. The molecule has 1 aromatic rings. The Labute approximate surface area is 106 Å². The first-order valence-corrected chi connectivity index (χ1v) is 5.82. The van der Waals surface area contributed by atoms with Crippen molar-refractivity contribution < 1.29 is 24.6 Å². The highest BCUT2D eigenvalue weighted by Gasteiger charge is 2.25. The Morgan fingerprint density at radius 3 is 2.33 bits per heavy atom. The van der Waals surface area contributed by atoms with Gasteiger partial charge < -0.3 is 15.5 Å². The second-order valence-corrected chi connectivity index (χ2v) is 5.01. The van der Waals surface area contributed by atoms with Crippen molar-refractivity contribution >= 4 is 29.2 Å². The van der Waals surface area contributed by atoms with E-state index < -0.39 is 30.3 Å². The Morgan fingerprint density at radius 2 is 1.94 bits per heavy atom. The highest BCUT2D eigenvalue weighted by Crippen LogP contribution is 2.16. The summed E-state index contributed by atoms with van der Waals surface area (Å²) < 4.78 is 0. The fourth-order valence-corrected chi connectivity index (χ4v) is 2.16. The molecule has 7 nitrogen and oxygen atoms in total. The minimum Gasteiger partial charge on any atom is -0.481 e. The molecule has 1 rings (SSSR count). The predicted molar refractivity (Wildman–Crippen MR) is 62.7 cm³/mol. The van der Waals surface area contributed by atoms with Gasteiger partial charge in [-0.05, 0) is 13.8 Å². The van der Waals surface area contributed by atoms with Crippen molar-refractivity contribution in [1.82, 2.24) is 10.3 Å². The topological polar surface area (TPSA) is 117 Å². The van der Waals surface area contributed by atoms with Crippen LogP contribution < -0.4 is 5.32 Å². The maximum atomic E-state index is 11.8. The second-order valence-electron chi connectivity index (χ2n) is 3.60. The largest absolute Gasteiger partial charge is 0.481 e. The molecular weight excluding hydrogens is 260 g/mol. The summed E-state index contributed by atoms with van der Waals surface area (Å²) in [6, 6.07) is -1.46. The molecule has 0 aromatic carbocycles.